The van der Waals surface area contributed by atoms with Crippen molar-refractivity contribution in [3.63, 3.8) is 0 Å². The lowest BCUT2D eigenvalue weighted by atomic mass is 10.0. The Morgan fingerprint density at radius 3 is 2.74 bits per heavy atom. The number of rotatable bonds is 1. The fraction of sp³-hybridized carbons (Fsp3) is 0.0909. The molecule has 1 aliphatic rings. The van der Waals surface area contributed by atoms with E-state index >= 15 is 0 Å². The summed E-state index contributed by atoms with van der Waals surface area (Å²) in [5.74, 6) is -0.798. The lowest BCUT2D eigenvalue weighted by molar-refractivity contribution is 0.101. The fourth-order valence-electron chi connectivity index (χ4n) is 1.86. The van der Waals surface area contributed by atoms with E-state index in [1.165, 1.54) is 25.1 Å². The molecule has 0 unspecified atom stereocenters. The van der Waals surface area contributed by atoms with Gasteiger partial charge in [-0.2, -0.15) is 0 Å². The monoisotopic (exact) mass is 281 g/mol. The van der Waals surface area contributed by atoms with Gasteiger partial charge in [0, 0.05) is 10.9 Å². The minimum Gasteiger partial charge on any atom is -0.506 e. The van der Waals surface area contributed by atoms with Crippen LogP contribution in [-0.4, -0.2) is 24.3 Å². The number of aromatic hydroxyl groups is 1. The van der Waals surface area contributed by atoms with Gasteiger partial charge in [-0.05, 0) is 25.1 Å². The molecule has 0 aliphatic carbocycles. The van der Waals surface area contributed by atoms with Gasteiger partial charge in [0.1, 0.15) is 11.3 Å². The third-order valence-corrected chi connectivity index (χ3v) is 3.39. The van der Waals surface area contributed by atoms with E-state index in [4.69, 9.17) is 0 Å². The van der Waals surface area contributed by atoms with Gasteiger partial charge < -0.3 is 13.5 Å². The lowest BCUT2D eigenvalue weighted by Crippen LogP contribution is -2.08. The maximum Gasteiger partial charge on any atom is 0.502 e. The van der Waals surface area contributed by atoms with Crippen molar-refractivity contribution >= 4 is 27.1 Å². The van der Waals surface area contributed by atoms with Crippen molar-refractivity contribution in [1.29, 1.82) is 0 Å². The number of pyridine rings is 1. The number of carbonyl (C=O) groups is 1. The number of ketones is 1. The predicted octanol–water partition coefficient (Wildman–Crippen LogP) is 1.16. The van der Waals surface area contributed by atoms with Crippen LogP contribution in [0.4, 0.5) is 0 Å². The largest absolute Gasteiger partial charge is 0.506 e. The average molecular weight is 281 g/mol. The number of hydrogen-bond donors (Lipinski definition) is 1. The molecule has 0 amide bonds. The molecule has 0 bridgehead atoms. The first kappa shape index (κ1) is 11.7. The van der Waals surface area contributed by atoms with Crippen molar-refractivity contribution < 1.29 is 26.7 Å². The molecule has 19 heavy (non-hydrogen) atoms. The van der Waals surface area contributed by atoms with Gasteiger partial charge in [-0.1, -0.05) is 0 Å². The van der Waals surface area contributed by atoms with Gasteiger partial charge in [0.2, 0.25) is 5.75 Å². The number of hydrogen-bond acceptors (Lipinski definition) is 7. The SMILES string of the molecule is CC(=O)c1ccc(O)c2nc3c(cc12)OS(=O)(=O)O3. The zero-order valence-corrected chi connectivity index (χ0v) is 10.4. The molecule has 2 heterocycles. The van der Waals surface area contributed by atoms with Gasteiger partial charge in [-0.3, -0.25) is 4.79 Å². The van der Waals surface area contributed by atoms with Crippen LogP contribution in [0.1, 0.15) is 17.3 Å². The third-order valence-electron chi connectivity index (χ3n) is 2.65. The molecule has 1 aromatic carbocycles. The second-order valence-electron chi connectivity index (χ2n) is 3.95. The molecule has 0 fully saturated rings. The number of carbonyl (C=O) groups excluding carboxylic acids is 1. The topological polar surface area (TPSA) is 103 Å². The molecule has 0 atom stereocenters. The number of Topliss-reactive ketones (excluding diaryl/α,β-unsaturated/α-hetero) is 1. The molecule has 0 radical (unpaired) electrons. The summed E-state index contributed by atoms with van der Waals surface area (Å²) in [7, 11) is -4.16. The maximum absolute atomic E-state index is 11.5. The highest BCUT2D eigenvalue weighted by Crippen LogP contribution is 2.39. The van der Waals surface area contributed by atoms with E-state index in [1.807, 2.05) is 0 Å². The van der Waals surface area contributed by atoms with Gasteiger partial charge in [0.25, 0.3) is 5.88 Å². The average Bonchev–Trinajstić information content (AvgIpc) is 2.59. The van der Waals surface area contributed by atoms with Crippen molar-refractivity contribution in [3.8, 4) is 17.4 Å². The smallest absolute Gasteiger partial charge is 0.502 e. The van der Waals surface area contributed by atoms with Crippen LogP contribution >= 0.6 is 0 Å². The lowest BCUT2D eigenvalue weighted by Gasteiger charge is -2.05. The molecule has 1 aromatic heterocycles. The molecule has 7 nitrogen and oxygen atoms in total. The van der Waals surface area contributed by atoms with Crippen LogP contribution in [0.5, 0.6) is 17.4 Å². The number of phenols is 1. The Morgan fingerprint density at radius 2 is 2.05 bits per heavy atom. The molecule has 0 saturated heterocycles. The van der Waals surface area contributed by atoms with Crippen LogP contribution in [0, 0.1) is 0 Å². The molecule has 8 heteroatoms. The zero-order valence-electron chi connectivity index (χ0n) is 9.58. The quantitative estimate of drug-likeness (QED) is 0.782. The molecule has 1 aliphatic heterocycles. The Labute approximate surface area is 107 Å². The summed E-state index contributed by atoms with van der Waals surface area (Å²) < 4.78 is 31.4. The van der Waals surface area contributed by atoms with E-state index in [-0.39, 0.29) is 28.7 Å². The zero-order chi connectivity index (χ0) is 13.8. The highest BCUT2D eigenvalue weighted by molar-refractivity contribution is 7.82. The second kappa shape index (κ2) is 3.58. The maximum atomic E-state index is 11.5. The molecule has 1 N–H and O–H groups in total. The van der Waals surface area contributed by atoms with Gasteiger partial charge in [-0.25, -0.2) is 4.98 Å². The third kappa shape index (κ3) is 1.76. The van der Waals surface area contributed by atoms with E-state index in [0.717, 1.165) is 0 Å². The Hall–Kier alpha value is -2.35. The van der Waals surface area contributed by atoms with E-state index in [0.29, 0.717) is 10.9 Å². The Kier molecular flexibility index (Phi) is 2.21. The van der Waals surface area contributed by atoms with Crippen LogP contribution in [0.25, 0.3) is 10.9 Å². The van der Waals surface area contributed by atoms with Crippen molar-refractivity contribution in [2.24, 2.45) is 0 Å². The van der Waals surface area contributed by atoms with E-state index < -0.39 is 10.4 Å². The second-order valence-corrected chi connectivity index (χ2v) is 5.10. The number of aromatic nitrogens is 1. The number of phenolic OH excluding ortho intramolecular Hbond substituents is 1. The van der Waals surface area contributed by atoms with Crippen LogP contribution in [0.15, 0.2) is 18.2 Å². The molecule has 0 saturated carbocycles. The highest BCUT2D eigenvalue weighted by Gasteiger charge is 2.31. The number of nitrogens with zero attached hydrogens (tertiary/aromatic N) is 1. The molecule has 2 aromatic rings. The number of benzene rings is 1. The fourth-order valence-corrected chi connectivity index (χ4v) is 2.55. The van der Waals surface area contributed by atoms with Crippen molar-refractivity contribution in [1.82, 2.24) is 4.98 Å². The minimum absolute atomic E-state index is 0.0761. The van der Waals surface area contributed by atoms with Crippen LogP contribution < -0.4 is 8.37 Å². The van der Waals surface area contributed by atoms with Crippen molar-refractivity contribution in [2.75, 3.05) is 0 Å². The molecular weight excluding hydrogens is 274 g/mol. The summed E-state index contributed by atoms with van der Waals surface area (Å²) in [6.07, 6.45) is 0. The summed E-state index contributed by atoms with van der Waals surface area (Å²) in [5, 5.41) is 10.0. The van der Waals surface area contributed by atoms with Gasteiger partial charge in [0.15, 0.2) is 5.78 Å². The Morgan fingerprint density at radius 1 is 1.32 bits per heavy atom. The standard InChI is InChI=1S/C11H7NO6S/c1-5(13)6-2-3-8(14)10-7(6)4-9-11(12-10)18-19(15,16)17-9/h2-4,14H,1H3. The Balaban J connectivity index is 2.38. The molecule has 0 spiro atoms. The highest BCUT2D eigenvalue weighted by atomic mass is 32.3. The van der Waals surface area contributed by atoms with E-state index in [1.54, 1.807) is 0 Å². The van der Waals surface area contributed by atoms with Crippen molar-refractivity contribution in [2.45, 2.75) is 6.92 Å². The normalized spacial score (nSPS) is 15.6. The summed E-state index contributed by atoms with van der Waals surface area (Å²) in [5.41, 5.74) is 0.378. The minimum atomic E-state index is -4.16. The summed E-state index contributed by atoms with van der Waals surface area (Å²) in [4.78, 5) is 15.4. The molecule has 3 rings (SSSR count). The van der Waals surface area contributed by atoms with Gasteiger partial charge in [-0.15, -0.1) is 8.42 Å². The van der Waals surface area contributed by atoms with Crippen molar-refractivity contribution in [3.05, 3.63) is 23.8 Å². The van der Waals surface area contributed by atoms with E-state index in [2.05, 4.69) is 13.4 Å². The predicted molar refractivity (Wildman–Crippen MR) is 63.6 cm³/mol. The summed E-state index contributed by atoms with van der Waals surface area (Å²) in [6, 6.07) is 4.04. The molecule has 98 valence electrons. The summed E-state index contributed by atoms with van der Waals surface area (Å²) in [6.45, 7) is 1.35. The van der Waals surface area contributed by atoms with Gasteiger partial charge >= 0.3 is 10.4 Å². The van der Waals surface area contributed by atoms with Crippen LogP contribution in [0.3, 0.4) is 0 Å². The van der Waals surface area contributed by atoms with Crippen LogP contribution in [-0.2, 0) is 10.4 Å². The molecular formula is C11H7NO6S. The first-order valence-electron chi connectivity index (χ1n) is 5.19. The van der Waals surface area contributed by atoms with E-state index in [9.17, 15) is 18.3 Å². The number of fused-ring (bicyclic) bond motifs is 2. The first-order chi connectivity index (χ1) is 8.87. The first-order valence-corrected chi connectivity index (χ1v) is 6.52. The summed E-state index contributed by atoms with van der Waals surface area (Å²) >= 11 is 0. The Bertz CT molecular complexity index is 827. The van der Waals surface area contributed by atoms with Gasteiger partial charge in [0.05, 0.1) is 0 Å². The van der Waals surface area contributed by atoms with Crippen LogP contribution in [0.2, 0.25) is 0 Å².